The average molecular weight is 401 g/mol. The smallest absolute Gasteiger partial charge is 0.227 e. The number of hydrogen-bond donors (Lipinski definition) is 0. The molecule has 1 aromatic rings. The highest BCUT2D eigenvalue weighted by Crippen LogP contribution is 2.71. The molecular weight excluding hydrogens is 368 g/mol. The fourth-order valence-corrected chi connectivity index (χ4v) is 8.22. The molecule has 5 heteroatoms. The van der Waals surface area contributed by atoms with Gasteiger partial charge in [-0.15, -0.1) is 0 Å². The Kier molecular flexibility index (Phi) is 3.97. The van der Waals surface area contributed by atoms with Crippen molar-refractivity contribution in [3.63, 3.8) is 0 Å². The van der Waals surface area contributed by atoms with Crippen LogP contribution in [0.4, 0.5) is 0 Å². The Labute approximate surface area is 173 Å². The lowest BCUT2D eigenvalue weighted by Gasteiger charge is -2.56. The molecule has 2 saturated heterocycles. The lowest BCUT2D eigenvalue weighted by molar-refractivity contribution is -0.256. The van der Waals surface area contributed by atoms with Crippen LogP contribution in [0.3, 0.4) is 0 Å². The predicted molar refractivity (Wildman–Crippen MR) is 107 cm³/mol. The molecule has 2 aliphatic heterocycles. The Balaban J connectivity index is 1.39. The van der Waals surface area contributed by atoms with E-state index < -0.39 is 11.4 Å². The van der Waals surface area contributed by atoms with Gasteiger partial charge in [0.15, 0.2) is 13.6 Å². The van der Waals surface area contributed by atoms with Gasteiger partial charge >= 0.3 is 0 Å². The summed E-state index contributed by atoms with van der Waals surface area (Å²) < 4.78 is 30.0. The summed E-state index contributed by atoms with van der Waals surface area (Å²) in [5.74, 6) is 2.59. The molecule has 2 heterocycles. The molecule has 0 amide bonds. The fourth-order valence-electron chi connectivity index (χ4n) is 8.22. The van der Waals surface area contributed by atoms with Crippen LogP contribution in [-0.4, -0.2) is 38.7 Å². The van der Waals surface area contributed by atoms with Gasteiger partial charge < -0.3 is 23.7 Å². The first-order valence-electron chi connectivity index (χ1n) is 11.2. The molecule has 0 aromatic heterocycles. The van der Waals surface area contributed by atoms with Gasteiger partial charge in [0.05, 0.1) is 7.11 Å². The largest absolute Gasteiger partial charge is 0.497 e. The van der Waals surface area contributed by atoms with Gasteiger partial charge in [-0.2, -0.15) is 0 Å². The zero-order valence-electron chi connectivity index (χ0n) is 17.7. The molecule has 0 bridgehead atoms. The molecule has 0 N–H and O–H groups in total. The summed E-state index contributed by atoms with van der Waals surface area (Å²) in [5, 5.41) is 0. The molecule has 4 fully saturated rings. The third kappa shape index (κ3) is 2.15. The monoisotopic (exact) mass is 400 g/mol. The minimum Gasteiger partial charge on any atom is -0.497 e. The number of ether oxygens (including phenoxy) is 5. The van der Waals surface area contributed by atoms with E-state index in [9.17, 15) is 0 Å². The van der Waals surface area contributed by atoms with Crippen LogP contribution in [0.2, 0.25) is 0 Å². The summed E-state index contributed by atoms with van der Waals surface area (Å²) in [6, 6.07) is 6.72. The summed E-state index contributed by atoms with van der Waals surface area (Å²) >= 11 is 0. The van der Waals surface area contributed by atoms with E-state index in [0.29, 0.717) is 43.9 Å². The van der Waals surface area contributed by atoms with Crippen molar-refractivity contribution in [2.75, 3.05) is 27.3 Å². The van der Waals surface area contributed by atoms with Crippen LogP contribution in [0.25, 0.3) is 0 Å². The van der Waals surface area contributed by atoms with E-state index in [-0.39, 0.29) is 5.41 Å². The molecule has 0 radical (unpaired) electrons. The molecule has 3 aliphatic carbocycles. The van der Waals surface area contributed by atoms with Crippen LogP contribution in [0.15, 0.2) is 18.2 Å². The fraction of sp³-hybridized carbons (Fsp3) is 0.750. The van der Waals surface area contributed by atoms with Gasteiger partial charge in [-0.3, -0.25) is 0 Å². The summed E-state index contributed by atoms with van der Waals surface area (Å²) in [6.45, 7) is 5.90. The molecule has 7 atom stereocenters. The molecule has 2 spiro atoms. The SMILES string of the molecule is COc1ccc2c(c1)CC[C@@H]1[C@@H]2CC[C@@]2(C)[C@H]1C[C@@H](C)[C@@]21OCOC12COCO2. The van der Waals surface area contributed by atoms with Crippen molar-refractivity contribution in [1.29, 1.82) is 0 Å². The maximum absolute atomic E-state index is 6.56. The van der Waals surface area contributed by atoms with Crippen molar-refractivity contribution in [1.82, 2.24) is 0 Å². The van der Waals surface area contributed by atoms with Crippen molar-refractivity contribution in [2.24, 2.45) is 23.2 Å². The van der Waals surface area contributed by atoms with E-state index in [0.717, 1.165) is 18.6 Å². The second kappa shape index (κ2) is 6.19. The third-order valence-corrected chi connectivity index (χ3v) is 9.29. The number of fused-ring (bicyclic) bond motifs is 7. The lowest BCUT2D eigenvalue weighted by Crippen LogP contribution is -2.65. The van der Waals surface area contributed by atoms with Crippen LogP contribution in [-0.2, 0) is 25.4 Å². The highest BCUT2D eigenvalue weighted by atomic mass is 16.9. The minimum atomic E-state index is -0.733. The molecule has 5 nitrogen and oxygen atoms in total. The average Bonchev–Trinajstić information content (AvgIpc) is 3.42. The first-order chi connectivity index (χ1) is 14.0. The van der Waals surface area contributed by atoms with Crippen LogP contribution in [0.1, 0.15) is 56.6 Å². The van der Waals surface area contributed by atoms with Crippen LogP contribution < -0.4 is 4.74 Å². The normalized spacial score (nSPS) is 48.0. The van der Waals surface area contributed by atoms with Gasteiger partial charge in [0, 0.05) is 5.41 Å². The van der Waals surface area contributed by atoms with Crippen molar-refractivity contribution in [3.05, 3.63) is 29.3 Å². The molecular formula is C24H32O5. The second-order valence-electron chi connectivity index (χ2n) is 10.1. The van der Waals surface area contributed by atoms with E-state index in [4.69, 9.17) is 23.7 Å². The molecule has 5 aliphatic rings. The van der Waals surface area contributed by atoms with Crippen LogP contribution in [0.5, 0.6) is 5.75 Å². The van der Waals surface area contributed by atoms with E-state index in [1.165, 1.54) is 24.8 Å². The van der Waals surface area contributed by atoms with Gasteiger partial charge in [0.25, 0.3) is 0 Å². The van der Waals surface area contributed by atoms with Crippen molar-refractivity contribution in [3.8, 4) is 5.75 Å². The second-order valence-corrected chi connectivity index (χ2v) is 10.1. The van der Waals surface area contributed by atoms with Gasteiger partial charge in [0.2, 0.25) is 5.79 Å². The summed E-state index contributed by atoms with van der Waals surface area (Å²) in [6.07, 6.45) is 5.91. The molecule has 6 rings (SSSR count). The quantitative estimate of drug-likeness (QED) is 0.706. The van der Waals surface area contributed by atoms with Gasteiger partial charge in [-0.1, -0.05) is 19.9 Å². The maximum Gasteiger partial charge on any atom is 0.227 e. The zero-order chi connectivity index (χ0) is 19.9. The molecule has 158 valence electrons. The summed E-state index contributed by atoms with van der Waals surface area (Å²) in [5.41, 5.74) is 2.67. The number of benzene rings is 1. The summed E-state index contributed by atoms with van der Waals surface area (Å²) in [4.78, 5) is 0. The minimum absolute atomic E-state index is 0.0434. The van der Waals surface area contributed by atoms with Crippen LogP contribution in [0, 0.1) is 23.2 Å². The molecule has 29 heavy (non-hydrogen) atoms. The molecule has 1 unspecified atom stereocenters. The van der Waals surface area contributed by atoms with E-state index in [1.807, 2.05) is 0 Å². The van der Waals surface area contributed by atoms with Gasteiger partial charge in [-0.25, -0.2) is 0 Å². The van der Waals surface area contributed by atoms with E-state index >= 15 is 0 Å². The number of hydrogen-bond acceptors (Lipinski definition) is 5. The number of methoxy groups -OCH3 is 1. The standard InChI is InChI=1S/C24H32O5/c1-15-10-21-20-6-4-16-11-17(25-3)5-7-18(16)19(20)8-9-22(21,2)24(15)23(28-14-29-24)12-26-13-27-23/h5,7,11,15,19-21H,4,6,8-10,12-14H2,1-3H3/t15-,19-,20-,21+,22+,23?,24-/m1/s1. The van der Waals surface area contributed by atoms with Crippen LogP contribution >= 0.6 is 0 Å². The highest BCUT2D eigenvalue weighted by Gasteiger charge is 2.77. The topological polar surface area (TPSA) is 46.2 Å². The highest BCUT2D eigenvalue weighted by molar-refractivity contribution is 5.41. The van der Waals surface area contributed by atoms with Crippen molar-refractivity contribution in [2.45, 2.75) is 63.3 Å². The Morgan fingerprint density at radius 1 is 1.10 bits per heavy atom. The van der Waals surface area contributed by atoms with E-state index in [1.54, 1.807) is 12.7 Å². The number of rotatable bonds is 1. The Hall–Kier alpha value is -1.14. The first-order valence-corrected chi connectivity index (χ1v) is 11.2. The lowest BCUT2D eigenvalue weighted by atomic mass is 9.52. The predicted octanol–water partition coefficient (Wildman–Crippen LogP) is 4.24. The van der Waals surface area contributed by atoms with Gasteiger partial charge in [0.1, 0.15) is 18.0 Å². The summed E-state index contributed by atoms with van der Waals surface area (Å²) in [7, 11) is 1.76. The Morgan fingerprint density at radius 2 is 1.97 bits per heavy atom. The Morgan fingerprint density at radius 3 is 2.76 bits per heavy atom. The number of aryl methyl sites for hydroxylation is 1. The Bertz CT molecular complexity index is 812. The maximum atomic E-state index is 6.56. The van der Waals surface area contributed by atoms with Crippen molar-refractivity contribution >= 4 is 0 Å². The van der Waals surface area contributed by atoms with E-state index in [2.05, 4.69) is 32.0 Å². The third-order valence-electron chi connectivity index (χ3n) is 9.29. The zero-order valence-corrected chi connectivity index (χ0v) is 17.7. The molecule has 2 saturated carbocycles. The first kappa shape index (κ1) is 18.6. The molecule has 1 aromatic carbocycles. The van der Waals surface area contributed by atoms with Gasteiger partial charge in [-0.05, 0) is 79.0 Å². The van der Waals surface area contributed by atoms with Crippen molar-refractivity contribution < 1.29 is 23.7 Å².